The number of imidazole rings is 1. The highest BCUT2D eigenvalue weighted by atomic mass is 16.6. The van der Waals surface area contributed by atoms with Crippen molar-refractivity contribution >= 4 is 17.1 Å². The van der Waals surface area contributed by atoms with E-state index in [9.17, 15) is 10.1 Å². The van der Waals surface area contributed by atoms with Crippen molar-refractivity contribution in [2.45, 2.75) is 44.4 Å². The number of nitrogens with zero attached hydrogens (tertiary/aromatic N) is 6. The van der Waals surface area contributed by atoms with Gasteiger partial charge in [-0.15, -0.1) is 0 Å². The Kier molecular flexibility index (Phi) is 5.21. The molecule has 9 heteroatoms. The molecule has 6 rings (SSSR count). The highest BCUT2D eigenvalue weighted by molar-refractivity contribution is 5.77. The van der Waals surface area contributed by atoms with Crippen LogP contribution < -0.4 is 0 Å². The summed E-state index contributed by atoms with van der Waals surface area (Å²) in [5.41, 5.74) is 2.93. The molecule has 9 nitrogen and oxygen atoms in total. The second-order valence-electron chi connectivity index (χ2n) is 9.55. The minimum absolute atomic E-state index is 0.296. The molecule has 2 aliphatic rings. The number of aromatic nitrogens is 5. The third kappa shape index (κ3) is 4.12. The molecule has 1 saturated heterocycles. The topological polar surface area (TPSA) is 113 Å². The van der Waals surface area contributed by atoms with Gasteiger partial charge in [0, 0.05) is 12.1 Å². The number of nitriles is 1. The smallest absolute Gasteiger partial charge is 0.410 e. The third-order valence-corrected chi connectivity index (χ3v) is 7.06. The average molecular weight is 468 g/mol. The molecule has 1 amide bonds. The van der Waals surface area contributed by atoms with Gasteiger partial charge in [0.2, 0.25) is 0 Å². The molecule has 1 aliphatic carbocycles. The largest absolute Gasteiger partial charge is 0.441 e. The molecule has 2 aromatic heterocycles. The van der Waals surface area contributed by atoms with E-state index in [-0.39, 0.29) is 6.09 Å². The molecule has 0 radical (unpaired) electrons. The lowest BCUT2D eigenvalue weighted by Crippen LogP contribution is -2.40. The lowest BCUT2D eigenvalue weighted by Gasteiger charge is -2.36. The van der Waals surface area contributed by atoms with E-state index < -0.39 is 5.60 Å². The van der Waals surface area contributed by atoms with Crippen LogP contribution in [0, 0.1) is 17.2 Å². The van der Waals surface area contributed by atoms with Gasteiger partial charge in [0.1, 0.15) is 11.4 Å². The van der Waals surface area contributed by atoms with Gasteiger partial charge in [-0.2, -0.15) is 10.4 Å². The number of benzene rings is 2. The van der Waals surface area contributed by atoms with Crippen LogP contribution in [0.1, 0.15) is 37.1 Å². The van der Waals surface area contributed by atoms with Gasteiger partial charge in [0.15, 0.2) is 5.82 Å². The van der Waals surface area contributed by atoms with Gasteiger partial charge in [-0.05, 0) is 49.8 Å². The fourth-order valence-electron chi connectivity index (χ4n) is 5.46. The molecule has 0 bridgehead atoms. The van der Waals surface area contributed by atoms with Gasteiger partial charge in [0.25, 0.3) is 0 Å². The average Bonchev–Trinajstić information content (AvgIpc) is 3.58. The number of hydrogen-bond donors (Lipinski definition) is 1. The molecule has 3 heterocycles. The van der Waals surface area contributed by atoms with Crippen LogP contribution in [0.2, 0.25) is 0 Å². The second-order valence-corrected chi connectivity index (χ2v) is 9.55. The summed E-state index contributed by atoms with van der Waals surface area (Å²) < 4.78 is 8.12. The summed E-state index contributed by atoms with van der Waals surface area (Å²) in [6.07, 6.45) is 5.28. The maximum Gasteiger partial charge on any atom is 0.410 e. The molecule has 1 N–H and O–H groups in total. The molecule has 4 aromatic rings. The van der Waals surface area contributed by atoms with Gasteiger partial charge in [-0.1, -0.05) is 30.3 Å². The minimum atomic E-state index is -0.476. The van der Waals surface area contributed by atoms with E-state index in [0.717, 1.165) is 48.8 Å². The van der Waals surface area contributed by atoms with Gasteiger partial charge < -0.3 is 9.30 Å². The lowest BCUT2D eigenvalue weighted by molar-refractivity contribution is 0.00415. The van der Waals surface area contributed by atoms with Crippen LogP contribution in [0.25, 0.3) is 22.4 Å². The summed E-state index contributed by atoms with van der Waals surface area (Å²) in [7, 11) is 0. The molecule has 2 aromatic carbocycles. The number of carbonyl (C=O) groups is 1. The van der Waals surface area contributed by atoms with Crippen molar-refractivity contribution in [2.75, 3.05) is 6.54 Å². The fourth-order valence-corrected chi connectivity index (χ4v) is 5.46. The minimum Gasteiger partial charge on any atom is -0.441 e. The lowest BCUT2D eigenvalue weighted by atomic mass is 9.78. The van der Waals surface area contributed by atoms with Crippen molar-refractivity contribution in [3.8, 4) is 17.5 Å². The number of fused-ring (bicyclic) bond motifs is 1. The van der Waals surface area contributed by atoms with Crippen LogP contribution in [-0.2, 0) is 17.8 Å². The van der Waals surface area contributed by atoms with Gasteiger partial charge in [-0.3, -0.25) is 10.00 Å². The first-order valence-electron chi connectivity index (χ1n) is 11.9. The van der Waals surface area contributed by atoms with Gasteiger partial charge in [0.05, 0.1) is 42.1 Å². The first-order valence-corrected chi connectivity index (χ1v) is 11.9. The van der Waals surface area contributed by atoms with Crippen molar-refractivity contribution in [3.05, 3.63) is 66.2 Å². The molecule has 1 aliphatic heterocycles. The third-order valence-electron chi connectivity index (χ3n) is 7.06. The predicted molar refractivity (Wildman–Crippen MR) is 128 cm³/mol. The predicted octanol–water partition coefficient (Wildman–Crippen LogP) is 4.27. The molecule has 1 spiro atoms. The van der Waals surface area contributed by atoms with E-state index in [1.165, 1.54) is 0 Å². The monoisotopic (exact) mass is 467 g/mol. The Balaban J connectivity index is 1.14. The SMILES string of the molecule is N#Cc1ccc2ncn(C[C@H]3CCCC4(C3)CN(Cc3nc(-c5ccccc5)n[nH]3)C(=O)O4)c2c1. The Morgan fingerprint density at radius 1 is 1.23 bits per heavy atom. The standard InChI is InChI=1S/C26H25N7O2/c27-13-18-8-9-21-22(11-18)33(17-28-21)14-19-5-4-10-26(12-19)16-32(25(34)35-26)15-23-29-24(31-30-23)20-6-2-1-3-7-20/h1-3,6-9,11,17,19H,4-5,10,12,14-16H2,(H,29,30,31)/t19-,26?/m0/s1. The maximum absolute atomic E-state index is 12.8. The molecule has 2 atom stereocenters. The Labute approximate surface area is 202 Å². The zero-order valence-electron chi connectivity index (χ0n) is 19.2. The summed E-state index contributed by atoms with van der Waals surface area (Å²) in [5, 5.41) is 16.5. The number of carbonyl (C=O) groups excluding carboxylic acids is 1. The first kappa shape index (κ1) is 21.4. The van der Waals surface area contributed by atoms with Crippen molar-refractivity contribution < 1.29 is 9.53 Å². The highest BCUT2D eigenvalue weighted by Gasteiger charge is 2.48. The van der Waals surface area contributed by atoms with E-state index in [4.69, 9.17) is 4.74 Å². The van der Waals surface area contributed by atoms with Crippen molar-refractivity contribution in [2.24, 2.45) is 5.92 Å². The molecular weight excluding hydrogens is 442 g/mol. The van der Waals surface area contributed by atoms with Crippen LogP contribution in [0.15, 0.2) is 54.9 Å². The van der Waals surface area contributed by atoms with Gasteiger partial charge in [-0.25, -0.2) is 14.8 Å². The fraction of sp³-hybridized carbons (Fsp3) is 0.346. The molecule has 2 fully saturated rings. The first-order chi connectivity index (χ1) is 17.1. The number of aromatic amines is 1. The summed E-state index contributed by atoms with van der Waals surface area (Å²) in [6, 6.07) is 17.5. The second kappa shape index (κ2) is 8.55. The van der Waals surface area contributed by atoms with E-state index in [1.807, 2.05) is 48.8 Å². The highest BCUT2D eigenvalue weighted by Crippen LogP contribution is 2.41. The summed E-state index contributed by atoms with van der Waals surface area (Å²) in [4.78, 5) is 23.6. The Bertz CT molecular complexity index is 1420. The summed E-state index contributed by atoms with van der Waals surface area (Å²) >= 11 is 0. The summed E-state index contributed by atoms with van der Waals surface area (Å²) in [6.45, 7) is 1.67. The van der Waals surface area contributed by atoms with E-state index in [0.29, 0.717) is 36.2 Å². The van der Waals surface area contributed by atoms with Gasteiger partial charge >= 0.3 is 6.09 Å². The number of rotatable bonds is 5. The maximum atomic E-state index is 12.8. The molecular formula is C26H25N7O2. The Hall–Kier alpha value is -4.19. The molecule has 1 unspecified atom stereocenters. The summed E-state index contributed by atoms with van der Waals surface area (Å²) in [5.74, 6) is 1.62. The molecule has 176 valence electrons. The van der Waals surface area contributed by atoms with Crippen LogP contribution in [0.3, 0.4) is 0 Å². The Morgan fingerprint density at radius 2 is 2.11 bits per heavy atom. The van der Waals surface area contributed by atoms with Crippen LogP contribution in [-0.4, -0.2) is 47.9 Å². The van der Waals surface area contributed by atoms with E-state index >= 15 is 0 Å². The van der Waals surface area contributed by atoms with E-state index in [1.54, 1.807) is 11.0 Å². The van der Waals surface area contributed by atoms with Crippen molar-refractivity contribution in [1.82, 2.24) is 29.6 Å². The zero-order valence-corrected chi connectivity index (χ0v) is 19.2. The number of nitrogens with one attached hydrogen (secondary N) is 1. The van der Waals surface area contributed by atoms with E-state index in [2.05, 4.69) is 30.8 Å². The normalized spacial score (nSPS) is 22.0. The number of ether oxygens (including phenoxy) is 1. The zero-order chi connectivity index (χ0) is 23.8. The Morgan fingerprint density at radius 3 is 2.97 bits per heavy atom. The molecule has 1 saturated carbocycles. The van der Waals surface area contributed by atoms with Crippen molar-refractivity contribution in [1.29, 1.82) is 5.26 Å². The quantitative estimate of drug-likeness (QED) is 0.469. The number of H-pyrrole nitrogens is 1. The van der Waals surface area contributed by atoms with Crippen LogP contribution in [0.5, 0.6) is 0 Å². The number of amides is 1. The molecule has 35 heavy (non-hydrogen) atoms. The van der Waals surface area contributed by atoms with Crippen LogP contribution in [0.4, 0.5) is 4.79 Å². The number of hydrogen-bond acceptors (Lipinski definition) is 6. The van der Waals surface area contributed by atoms with Crippen molar-refractivity contribution in [3.63, 3.8) is 0 Å². The van der Waals surface area contributed by atoms with Crippen LogP contribution >= 0.6 is 0 Å².